The molecule has 26 heavy (non-hydrogen) atoms. The van der Waals surface area contributed by atoms with Crippen molar-refractivity contribution in [3.05, 3.63) is 42.0 Å². The molecule has 0 heterocycles. The Balaban J connectivity index is 2.17. The Labute approximate surface area is 158 Å². The molecule has 1 aromatic carbocycles. The van der Waals surface area contributed by atoms with Gasteiger partial charge >= 0.3 is 5.97 Å². The molecule has 1 aromatic rings. The lowest BCUT2D eigenvalue weighted by molar-refractivity contribution is -0.145. The van der Waals surface area contributed by atoms with E-state index in [0.717, 1.165) is 18.4 Å². The summed E-state index contributed by atoms with van der Waals surface area (Å²) in [4.78, 5) is 24.1. The van der Waals surface area contributed by atoms with E-state index in [2.05, 4.69) is 18.8 Å². The molecule has 0 aromatic heterocycles. The molecule has 0 unspecified atom stereocenters. The highest BCUT2D eigenvalue weighted by atomic mass is 16.5. The van der Waals surface area contributed by atoms with E-state index in [1.807, 2.05) is 12.1 Å². The number of nitrogens with one attached hydrogen (secondary N) is 1. The Bertz CT molecular complexity index is 551. The smallest absolute Gasteiger partial charge is 0.328 e. The van der Waals surface area contributed by atoms with Crippen molar-refractivity contribution in [2.24, 2.45) is 0 Å². The van der Waals surface area contributed by atoms with Gasteiger partial charge in [0.2, 0.25) is 0 Å². The van der Waals surface area contributed by atoms with Crippen LogP contribution in [0.3, 0.4) is 0 Å². The van der Waals surface area contributed by atoms with Gasteiger partial charge in [-0.3, -0.25) is 4.79 Å². The third kappa shape index (κ3) is 8.84. The number of rotatable bonds is 13. The normalized spacial score (nSPS) is 11.6. The minimum atomic E-state index is -0.657. The van der Waals surface area contributed by atoms with Gasteiger partial charge < -0.3 is 10.1 Å². The van der Waals surface area contributed by atoms with Crippen LogP contribution in [-0.4, -0.2) is 24.5 Å². The molecule has 4 nitrogen and oxygen atoms in total. The molecule has 4 heteroatoms. The summed E-state index contributed by atoms with van der Waals surface area (Å²) in [5.41, 5.74) is 1.46. The fourth-order valence-electron chi connectivity index (χ4n) is 2.64. The molecule has 0 aliphatic heterocycles. The molecule has 1 atom stereocenters. The van der Waals surface area contributed by atoms with Crippen LogP contribution in [-0.2, 0) is 9.53 Å². The van der Waals surface area contributed by atoms with Crippen LogP contribution >= 0.6 is 0 Å². The standard InChI is InChI=1S/C22H33NO3/c1-4-6-7-8-9-10-11-12-17-26-22(25)18(3)23-21(24)20-15-13-19(5-2)14-16-20/h5,13-16,18H,2,4,6-12,17H2,1,3H3,(H,23,24)/t18-/m1/s1. The first-order valence-corrected chi connectivity index (χ1v) is 9.78. The number of hydrogen-bond donors (Lipinski definition) is 1. The molecule has 0 spiro atoms. The van der Waals surface area contributed by atoms with Crippen LogP contribution in [0.25, 0.3) is 6.08 Å². The third-order valence-corrected chi connectivity index (χ3v) is 4.35. The second-order valence-corrected chi connectivity index (χ2v) is 6.66. The Morgan fingerprint density at radius 1 is 1.04 bits per heavy atom. The summed E-state index contributed by atoms with van der Waals surface area (Å²) in [7, 11) is 0. The fourth-order valence-corrected chi connectivity index (χ4v) is 2.64. The number of unbranched alkanes of at least 4 members (excludes halogenated alkanes) is 7. The molecule has 0 aliphatic carbocycles. The van der Waals surface area contributed by atoms with E-state index in [0.29, 0.717) is 12.2 Å². The summed E-state index contributed by atoms with van der Waals surface area (Å²) >= 11 is 0. The van der Waals surface area contributed by atoms with Gasteiger partial charge in [0, 0.05) is 5.56 Å². The van der Waals surface area contributed by atoms with E-state index in [1.165, 1.54) is 38.5 Å². The van der Waals surface area contributed by atoms with Gasteiger partial charge in [0.1, 0.15) is 6.04 Å². The second-order valence-electron chi connectivity index (χ2n) is 6.66. The number of hydrogen-bond acceptors (Lipinski definition) is 3. The lowest BCUT2D eigenvalue weighted by Gasteiger charge is -2.13. The van der Waals surface area contributed by atoms with Crippen LogP contribution in [0.5, 0.6) is 0 Å². The lowest BCUT2D eigenvalue weighted by Crippen LogP contribution is -2.39. The van der Waals surface area contributed by atoms with E-state index in [-0.39, 0.29) is 11.9 Å². The van der Waals surface area contributed by atoms with E-state index < -0.39 is 6.04 Å². The quantitative estimate of drug-likeness (QED) is 0.392. The van der Waals surface area contributed by atoms with Gasteiger partial charge in [-0.05, 0) is 31.0 Å². The summed E-state index contributed by atoms with van der Waals surface area (Å²) in [5.74, 6) is -0.666. The molecule has 0 aliphatic rings. The minimum Gasteiger partial charge on any atom is -0.464 e. The molecule has 144 valence electrons. The maximum absolute atomic E-state index is 12.1. The first kappa shape index (κ1) is 21.9. The van der Waals surface area contributed by atoms with Crippen LogP contribution in [0, 0.1) is 0 Å². The van der Waals surface area contributed by atoms with Crippen molar-refractivity contribution in [2.75, 3.05) is 6.61 Å². The maximum Gasteiger partial charge on any atom is 0.328 e. The number of ether oxygens (including phenoxy) is 1. The van der Waals surface area contributed by atoms with Gasteiger partial charge in [0.05, 0.1) is 6.61 Å². The summed E-state index contributed by atoms with van der Waals surface area (Å²) in [6, 6.07) is 6.39. The van der Waals surface area contributed by atoms with Gasteiger partial charge in [0.15, 0.2) is 0 Å². The molecule has 0 saturated carbocycles. The molecule has 1 amide bonds. The van der Waals surface area contributed by atoms with Crippen LogP contribution in [0.2, 0.25) is 0 Å². The molecule has 0 radical (unpaired) electrons. The topological polar surface area (TPSA) is 55.4 Å². The van der Waals surface area contributed by atoms with Crippen LogP contribution in [0.4, 0.5) is 0 Å². The molecule has 0 fully saturated rings. The van der Waals surface area contributed by atoms with E-state index in [4.69, 9.17) is 4.74 Å². The summed E-state index contributed by atoms with van der Waals surface area (Å²) < 4.78 is 5.26. The highest BCUT2D eigenvalue weighted by molar-refractivity contribution is 5.96. The Hall–Kier alpha value is -2.10. The van der Waals surface area contributed by atoms with Crippen LogP contribution < -0.4 is 5.32 Å². The number of carbonyl (C=O) groups is 2. The molecular weight excluding hydrogens is 326 g/mol. The lowest BCUT2D eigenvalue weighted by atomic mass is 10.1. The highest BCUT2D eigenvalue weighted by Gasteiger charge is 2.17. The van der Waals surface area contributed by atoms with Crippen molar-refractivity contribution in [1.29, 1.82) is 0 Å². The average Bonchev–Trinajstić information content (AvgIpc) is 2.66. The predicted octanol–water partition coefficient (Wildman–Crippen LogP) is 5.13. The van der Waals surface area contributed by atoms with E-state index >= 15 is 0 Å². The van der Waals surface area contributed by atoms with Crippen molar-refractivity contribution >= 4 is 18.0 Å². The third-order valence-electron chi connectivity index (χ3n) is 4.35. The number of esters is 1. The van der Waals surface area contributed by atoms with E-state index in [1.54, 1.807) is 25.1 Å². The highest BCUT2D eigenvalue weighted by Crippen LogP contribution is 2.09. The molecule has 0 saturated heterocycles. The van der Waals surface area contributed by atoms with Crippen LogP contribution in [0.1, 0.15) is 81.1 Å². The van der Waals surface area contributed by atoms with Crippen molar-refractivity contribution in [2.45, 2.75) is 71.3 Å². The molecular formula is C22H33NO3. The maximum atomic E-state index is 12.1. The summed E-state index contributed by atoms with van der Waals surface area (Å²) in [5, 5.41) is 2.67. The van der Waals surface area contributed by atoms with Gasteiger partial charge in [0.25, 0.3) is 5.91 Å². The second kappa shape index (κ2) is 13.2. The average molecular weight is 360 g/mol. The summed E-state index contributed by atoms with van der Waals surface area (Å²) in [6.07, 6.45) is 11.3. The Morgan fingerprint density at radius 3 is 2.19 bits per heavy atom. The molecule has 1 N–H and O–H groups in total. The fraction of sp³-hybridized carbons (Fsp3) is 0.545. The Kier molecular flexibility index (Phi) is 11.1. The Morgan fingerprint density at radius 2 is 1.62 bits per heavy atom. The minimum absolute atomic E-state index is 0.280. The van der Waals surface area contributed by atoms with Crippen molar-refractivity contribution in [1.82, 2.24) is 5.32 Å². The van der Waals surface area contributed by atoms with Gasteiger partial charge in [-0.1, -0.05) is 76.7 Å². The van der Waals surface area contributed by atoms with Crippen molar-refractivity contribution in [3.8, 4) is 0 Å². The zero-order valence-electron chi connectivity index (χ0n) is 16.3. The van der Waals surface area contributed by atoms with Crippen molar-refractivity contribution in [3.63, 3.8) is 0 Å². The number of carbonyl (C=O) groups excluding carboxylic acids is 2. The van der Waals surface area contributed by atoms with E-state index in [9.17, 15) is 9.59 Å². The number of benzene rings is 1. The summed E-state index contributed by atoms with van der Waals surface area (Å²) in [6.45, 7) is 7.96. The zero-order valence-corrected chi connectivity index (χ0v) is 16.3. The van der Waals surface area contributed by atoms with Crippen molar-refractivity contribution < 1.29 is 14.3 Å². The van der Waals surface area contributed by atoms with Gasteiger partial charge in [-0.2, -0.15) is 0 Å². The first-order valence-electron chi connectivity index (χ1n) is 9.78. The van der Waals surface area contributed by atoms with Gasteiger partial charge in [-0.15, -0.1) is 0 Å². The van der Waals surface area contributed by atoms with Crippen LogP contribution in [0.15, 0.2) is 30.8 Å². The zero-order chi connectivity index (χ0) is 19.2. The number of amides is 1. The SMILES string of the molecule is C=Cc1ccc(C(=O)N[C@H](C)C(=O)OCCCCCCCCCC)cc1. The molecule has 1 rings (SSSR count). The molecule has 0 bridgehead atoms. The monoisotopic (exact) mass is 359 g/mol. The predicted molar refractivity (Wildman–Crippen MR) is 107 cm³/mol. The van der Waals surface area contributed by atoms with Gasteiger partial charge in [-0.25, -0.2) is 4.79 Å². The largest absolute Gasteiger partial charge is 0.464 e. The first-order chi connectivity index (χ1) is 12.6.